The second-order valence-corrected chi connectivity index (χ2v) is 5.82. The number of fused-ring (bicyclic) bond motifs is 2. The number of rotatable bonds is 3. The minimum atomic E-state index is -0.453. The number of nitro groups is 1. The number of hydrogen-bond donors (Lipinski definition) is 2. The van der Waals surface area contributed by atoms with E-state index in [1.54, 1.807) is 6.07 Å². The minimum Gasteiger partial charge on any atom is -0.508 e. The summed E-state index contributed by atoms with van der Waals surface area (Å²) in [5.74, 6) is -0.0781. The third kappa shape index (κ3) is 2.31. The van der Waals surface area contributed by atoms with Crippen molar-refractivity contribution >= 4 is 11.4 Å². The first-order valence-corrected chi connectivity index (χ1v) is 7.00. The molecule has 0 aliphatic carbocycles. The Morgan fingerprint density at radius 1 is 1.35 bits per heavy atom. The van der Waals surface area contributed by atoms with Crippen molar-refractivity contribution in [2.75, 3.05) is 12.4 Å². The minimum absolute atomic E-state index is 0.0590. The van der Waals surface area contributed by atoms with Gasteiger partial charge in [-0.1, -0.05) is 0 Å². The van der Waals surface area contributed by atoms with Crippen molar-refractivity contribution < 1.29 is 10.0 Å². The fraction of sp³-hybridized carbons (Fsp3) is 0.571. The second-order valence-electron chi connectivity index (χ2n) is 5.82. The lowest BCUT2D eigenvalue weighted by Gasteiger charge is -2.36. The quantitative estimate of drug-likeness (QED) is 0.503. The summed E-state index contributed by atoms with van der Waals surface area (Å²) in [6, 6.07) is 5.72. The number of hydrogen-bond acceptors (Lipinski definition) is 5. The SMILES string of the molecule is CN1C2CCC1CC(Nc1ccc(O)cc1[N+](=O)[O-])C2. The maximum Gasteiger partial charge on any atom is 0.296 e. The van der Waals surface area contributed by atoms with Gasteiger partial charge in [0.25, 0.3) is 5.69 Å². The summed E-state index contributed by atoms with van der Waals surface area (Å²) in [5.41, 5.74) is 0.443. The first-order valence-electron chi connectivity index (χ1n) is 7.00. The van der Waals surface area contributed by atoms with Gasteiger partial charge in [0.2, 0.25) is 0 Å². The topological polar surface area (TPSA) is 78.6 Å². The van der Waals surface area contributed by atoms with Crippen LogP contribution in [0.3, 0.4) is 0 Å². The van der Waals surface area contributed by atoms with Gasteiger partial charge in [-0.15, -0.1) is 0 Å². The summed E-state index contributed by atoms with van der Waals surface area (Å²) in [7, 11) is 2.17. The highest BCUT2D eigenvalue weighted by Gasteiger charge is 2.38. The number of phenols is 1. The first kappa shape index (κ1) is 13.2. The average molecular weight is 277 g/mol. The molecular formula is C14H19N3O3. The largest absolute Gasteiger partial charge is 0.508 e. The number of nitrogens with one attached hydrogen (secondary N) is 1. The van der Waals surface area contributed by atoms with Gasteiger partial charge in [0, 0.05) is 18.1 Å². The van der Waals surface area contributed by atoms with E-state index >= 15 is 0 Å². The summed E-state index contributed by atoms with van der Waals surface area (Å²) in [4.78, 5) is 13.0. The van der Waals surface area contributed by atoms with E-state index in [0.717, 1.165) is 12.8 Å². The maximum atomic E-state index is 11.1. The number of anilines is 1. The number of phenolic OH excluding ortho intramolecular Hbond substituents is 1. The van der Waals surface area contributed by atoms with E-state index < -0.39 is 4.92 Å². The van der Waals surface area contributed by atoms with Gasteiger partial charge in [0.15, 0.2) is 0 Å². The van der Waals surface area contributed by atoms with Gasteiger partial charge in [-0.25, -0.2) is 0 Å². The van der Waals surface area contributed by atoms with Crippen LogP contribution in [0.1, 0.15) is 25.7 Å². The Bertz CT molecular complexity index is 520. The maximum absolute atomic E-state index is 11.1. The summed E-state index contributed by atoms with van der Waals surface area (Å²) < 4.78 is 0. The first-order chi connectivity index (χ1) is 9.54. The predicted octanol–water partition coefficient (Wildman–Crippen LogP) is 2.34. The van der Waals surface area contributed by atoms with Gasteiger partial charge in [-0.2, -0.15) is 0 Å². The zero-order valence-electron chi connectivity index (χ0n) is 11.5. The molecule has 20 heavy (non-hydrogen) atoms. The predicted molar refractivity (Wildman–Crippen MR) is 76.0 cm³/mol. The number of piperidine rings is 1. The molecule has 1 aromatic carbocycles. The molecule has 2 N–H and O–H groups in total. The molecule has 0 saturated carbocycles. The summed E-state index contributed by atoms with van der Waals surface area (Å²) in [6.07, 6.45) is 4.48. The highest BCUT2D eigenvalue weighted by atomic mass is 16.6. The lowest BCUT2D eigenvalue weighted by Crippen LogP contribution is -2.44. The number of nitrogens with zero attached hydrogens (tertiary/aromatic N) is 2. The number of nitro benzene ring substituents is 1. The summed E-state index contributed by atoms with van der Waals surface area (Å²) in [5, 5.41) is 23.7. The fourth-order valence-corrected chi connectivity index (χ4v) is 3.54. The Morgan fingerprint density at radius 3 is 2.60 bits per heavy atom. The van der Waals surface area contributed by atoms with Crippen LogP contribution in [0.2, 0.25) is 0 Å². The lowest BCUT2D eigenvalue weighted by molar-refractivity contribution is -0.384. The van der Waals surface area contributed by atoms with Crippen molar-refractivity contribution in [3.05, 3.63) is 28.3 Å². The van der Waals surface area contributed by atoms with Crippen LogP contribution >= 0.6 is 0 Å². The Balaban J connectivity index is 1.77. The monoisotopic (exact) mass is 277 g/mol. The molecule has 2 heterocycles. The van der Waals surface area contributed by atoms with Crippen molar-refractivity contribution in [1.29, 1.82) is 0 Å². The van der Waals surface area contributed by atoms with Crippen LogP contribution in [0.5, 0.6) is 5.75 Å². The van der Waals surface area contributed by atoms with Crippen LogP contribution in [-0.2, 0) is 0 Å². The lowest BCUT2D eigenvalue weighted by atomic mass is 9.97. The van der Waals surface area contributed by atoms with Crippen LogP contribution < -0.4 is 5.32 Å². The third-order valence-electron chi connectivity index (χ3n) is 4.64. The van der Waals surface area contributed by atoms with Crippen molar-refractivity contribution in [2.45, 2.75) is 43.8 Å². The molecule has 2 aliphatic heterocycles. The van der Waals surface area contributed by atoms with Crippen molar-refractivity contribution in [1.82, 2.24) is 4.90 Å². The van der Waals surface area contributed by atoms with Gasteiger partial charge in [0.1, 0.15) is 11.4 Å². The molecule has 0 amide bonds. The smallest absolute Gasteiger partial charge is 0.296 e. The van der Waals surface area contributed by atoms with E-state index in [0.29, 0.717) is 17.8 Å². The molecule has 108 valence electrons. The molecule has 3 rings (SSSR count). The molecule has 2 fully saturated rings. The zero-order valence-corrected chi connectivity index (χ0v) is 11.5. The molecule has 0 spiro atoms. The Hall–Kier alpha value is -1.82. The van der Waals surface area contributed by atoms with E-state index in [1.165, 1.54) is 25.0 Å². The normalized spacial score (nSPS) is 29.4. The zero-order chi connectivity index (χ0) is 14.3. The van der Waals surface area contributed by atoms with Crippen molar-refractivity contribution in [3.8, 4) is 5.75 Å². The third-order valence-corrected chi connectivity index (χ3v) is 4.64. The highest BCUT2D eigenvalue weighted by molar-refractivity contribution is 5.64. The molecule has 2 saturated heterocycles. The van der Waals surface area contributed by atoms with E-state index in [1.807, 2.05) is 0 Å². The molecular weight excluding hydrogens is 258 g/mol. The van der Waals surface area contributed by atoms with Crippen LogP contribution in [0, 0.1) is 10.1 Å². The average Bonchev–Trinajstić information content (AvgIpc) is 2.63. The van der Waals surface area contributed by atoms with Crippen LogP contribution in [0.25, 0.3) is 0 Å². The number of benzene rings is 1. The highest BCUT2D eigenvalue weighted by Crippen LogP contribution is 2.37. The van der Waals surface area contributed by atoms with Crippen LogP contribution in [0.15, 0.2) is 18.2 Å². The fourth-order valence-electron chi connectivity index (χ4n) is 3.54. The van der Waals surface area contributed by atoms with E-state index in [-0.39, 0.29) is 17.5 Å². The molecule has 1 aromatic rings. The van der Waals surface area contributed by atoms with Crippen molar-refractivity contribution in [3.63, 3.8) is 0 Å². The van der Waals surface area contributed by atoms with Crippen molar-refractivity contribution in [2.24, 2.45) is 0 Å². The number of aromatic hydroxyl groups is 1. The van der Waals surface area contributed by atoms with Gasteiger partial charge < -0.3 is 15.3 Å². The molecule has 2 aliphatic rings. The summed E-state index contributed by atoms with van der Waals surface area (Å²) >= 11 is 0. The van der Waals surface area contributed by atoms with Gasteiger partial charge in [0.05, 0.1) is 11.0 Å². The van der Waals surface area contributed by atoms with E-state index in [9.17, 15) is 15.2 Å². The Kier molecular flexibility index (Phi) is 3.25. The second kappa shape index (κ2) is 4.94. The molecule has 2 atom stereocenters. The Labute approximate surface area is 117 Å². The molecule has 2 unspecified atom stereocenters. The molecule has 0 aromatic heterocycles. The molecule has 6 nitrogen and oxygen atoms in total. The van der Waals surface area contributed by atoms with E-state index in [4.69, 9.17) is 0 Å². The molecule has 2 bridgehead atoms. The standard InChI is InChI=1S/C14H19N3O3/c1-16-10-2-3-11(16)7-9(6-10)15-13-5-4-12(18)8-14(13)17(19)20/h4-5,8-11,15,18H,2-3,6-7H2,1H3. The summed E-state index contributed by atoms with van der Waals surface area (Å²) in [6.45, 7) is 0. The van der Waals surface area contributed by atoms with Gasteiger partial charge in [-0.05, 0) is 44.9 Å². The van der Waals surface area contributed by atoms with E-state index in [2.05, 4.69) is 17.3 Å². The Morgan fingerprint density at radius 2 is 2.00 bits per heavy atom. The van der Waals surface area contributed by atoms with Crippen LogP contribution in [-0.4, -0.2) is 40.1 Å². The molecule has 0 radical (unpaired) electrons. The van der Waals surface area contributed by atoms with Gasteiger partial charge >= 0.3 is 0 Å². The van der Waals surface area contributed by atoms with Crippen LogP contribution in [0.4, 0.5) is 11.4 Å². The van der Waals surface area contributed by atoms with Gasteiger partial charge in [-0.3, -0.25) is 10.1 Å². The molecule has 6 heteroatoms.